The van der Waals surface area contributed by atoms with E-state index in [1.807, 2.05) is 45.2 Å². The number of likely N-dealkylation sites (N-methyl/N-ethyl adjacent to an activating group) is 3. The van der Waals surface area contributed by atoms with Gasteiger partial charge in [-0.2, -0.15) is 0 Å². The highest BCUT2D eigenvalue weighted by molar-refractivity contribution is 6.23. The van der Waals surface area contributed by atoms with Crippen LogP contribution in [0.4, 0.5) is 4.79 Å². The van der Waals surface area contributed by atoms with E-state index in [0.29, 0.717) is 11.7 Å². The number of urea groups is 1. The van der Waals surface area contributed by atoms with Crippen LogP contribution in [0.2, 0.25) is 0 Å². The van der Waals surface area contributed by atoms with Crippen molar-refractivity contribution < 1.29 is 18.9 Å². The SMILES string of the molecule is COc1ccc(/C=C/C2=[N+](C)C3C(=O)N(C)C(=O)N(C)C3=N2)c(C)c1C. The molecule has 2 aliphatic rings. The second-order valence-corrected chi connectivity index (χ2v) is 6.52. The Morgan fingerprint density at radius 3 is 2.46 bits per heavy atom. The van der Waals surface area contributed by atoms with Gasteiger partial charge in [0.1, 0.15) is 5.75 Å². The van der Waals surface area contributed by atoms with E-state index >= 15 is 0 Å². The Labute approximate surface area is 152 Å². The number of nitrogens with zero attached hydrogens (tertiary/aromatic N) is 4. The van der Waals surface area contributed by atoms with Crippen molar-refractivity contribution >= 4 is 29.7 Å². The van der Waals surface area contributed by atoms with Crippen molar-refractivity contribution in [3.05, 3.63) is 34.9 Å². The Bertz CT molecular complexity index is 898. The zero-order valence-electron chi connectivity index (χ0n) is 15.9. The third-order valence-corrected chi connectivity index (χ3v) is 5.12. The van der Waals surface area contributed by atoms with Gasteiger partial charge in [0, 0.05) is 20.2 Å². The minimum absolute atomic E-state index is 0.269. The Balaban J connectivity index is 1.96. The summed E-state index contributed by atoms with van der Waals surface area (Å²) < 4.78 is 7.14. The first-order valence-corrected chi connectivity index (χ1v) is 8.33. The van der Waals surface area contributed by atoms with E-state index in [9.17, 15) is 9.59 Å². The first kappa shape index (κ1) is 17.8. The van der Waals surface area contributed by atoms with E-state index in [0.717, 1.165) is 27.3 Å². The molecule has 0 aliphatic carbocycles. The zero-order valence-corrected chi connectivity index (χ0v) is 15.9. The Morgan fingerprint density at radius 2 is 1.81 bits per heavy atom. The van der Waals surface area contributed by atoms with Gasteiger partial charge in [-0.1, -0.05) is 6.07 Å². The molecule has 0 aromatic heterocycles. The second kappa shape index (κ2) is 6.40. The number of rotatable bonds is 3. The van der Waals surface area contributed by atoms with Gasteiger partial charge in [-0.25, -0.2) is 9.37 Å². The molecule has 2 heterocycles. The lowest BCUT2D eigenvalue weighted by Crippen LogP contribution is -2.61. The van der Waals surface area contributed by atoms with Crippen molar-refractivity contribution in [3.8, 4) is 5.75 Å². The number of fused-ring (bicyclic) bond motifs is 1. The summed E-state index contributed by atoms with van der Waals surface area (Å²) in [5, 5.41) is 0. The van der Waals surface area contributed by atoms with Gasteiger partial charge in [0.15, 0.2) is 0 Å². The molecule has 1 aromatic carbocycles. The van der Waals surface area contributed by atoms with E-state index < -0.39 is 6.04 Å². The molecule has 2 aliphatic heterocycles. The molecule has 7 heteroatoms. The first-order chi connectivity index (χ1) is 12.3. The van der Waals surface area contributed by atoms with Crippen molar-refractivity contribution in [1.82, 2.24) is 9.80 Å². The maximum Gasteiger partial charge on any atom is 0.333 e. The number of hydrogen-bond donors (Lipinski definition) is 0. The van der Waals surface area contributed by atoms with Crippen molar-refractivity contribution in [2.45, 2.75) is 19.9 Å². The Kier molecular flexibility index (Phi) is 4.39. The summed E-state index contributed by atoms with van der Waals surface area (Å²) in [5.74, 6) is 1.68. The molecule has 1 atom stereocenters. The van der Waals surface area contributed by atoms with Crippen LogP contribution in [0.3, 0.4) is 0 Å². The van der Waals surface area contributed by atoms with E-state index in [1.165, 1.54) is 11.9 Å². The fraction of sp³-hybridized carbons (Fsp3) is 0.368. The molecule has 0 N–H and O–H groups in total. The van der Waals surface area contributed by atoms with Gasteiger partial charge in [-0.05, 0) is 47.7 Å². The Hall–Kier alpha value is -2.96. The topological polar surface area (TPSA) is 65.2 Å². The molecule has 3 amide bonds. The van der Waals surface area contributed by atoms with Gasteiger partial charge in [-0.15, -0.1) is 0 Å². The van der Waals surface area contributed by atoms with Crippen LogP contribution in [-0.2, 0) is 4.79 Å². The number of imide groups is 1. The lowest BCUT2D eigenvalue weighted by Gasteiger charge is -2.29. The molecule has 7 nitrogen and oxygen atoms in total. The van der Waals surface area contributed by atoms with Crippen LogP contribution in [0, 0.1) is 13.8 Å². The van der Waals surface area contributed by atoms with Crippen molar-refractivity contribution in [2.24, 2.45) is 4.99 Å². The van der Waals surface area contributed by atoms with Gasteiger partial charge < -0.3 is 4.74 Å². The average molecular weight is 355 g/mol. The molecule has 26 heavy (non-hydrogen) atoms. The fourth-order valence-electron chi connectivity index (χ4n) is 3.24. The molecule has 0 spiro atoms. The largest absolute Gasteiger partial charge is 0.496 e. The molecular weight excluding hydrogens is 332 g/mol. The monoisotopic (exact) mass is 355 g/mol. The summed E-state index contributed by atoms with van der Waals surface area (Å²) in [4.78, 5) is 31.6. The lowest BCUT2D eigenvalue weighted by atomic mass is 10.0. The number of hydrogen-bond acceptors (Lipinski definition) is 4. The second-order valence-electron chi connectivity index (χ2n) is 6.52. The minimum Gasteiger partial charge on any atom is -0.496 e. The lowest BCUT2D eigenvalue weighted by molar-refractivity contribution is -0.504. The molecule has 136 valence electrons. The molecule has 0 radical (unpaired) electrons. The molecule has 0 saturated carbocycles. The predicted octanol–water partition coefficient (Wildman–Crippen LogP) is 1.67. The molecule has 0 bridgehead atoms. The first-order valence-electron chi connectivity index (χ1n) is 8.33. The van der Waals surface area contributed by atoms with E-state index in [2.05, 4.69) is 4.99 Å². The Morgan fingerprint density at radius 1 is 1.12 bits per heavy atom. The fourth-order valence-corrected chi connectivity index (χ4v) is 3.24. The average Bonchev–Trinajstić information content (AvgIpc) is 2.96. The number of carbonyl (C=O) groups is 2. The summed E-state index contributed by atoms with van der Waals surface area (Å²) in [6.45, 7) is 4.06. The number of methoxy groups -OCH3 is 1. The molecule has 3 rings (SSSR count). The zero-order chi connectivity index (χ0) is 19.2. The standard InChI is InChI=1S/C19H23N4O3/c1-11-12(2)14(26-6)9-7-13(11)8-10-15-20-17-16(21(15)3)18(24)23(5)19(25)22(17)4/h7-10,16H,1-6H3/q+1/b10-8+. The van der Waals surface area contributed by atoms with Crippen LogP contribution in [0.1, 0.15) is 16.7 Å². The highest BCUT2D eigenvalue weighted by Gasteiger charge is 2.51. The highest BCUT2D eigenvalue weighted by Crippen LogP contribution is 2.25. The number of amides is 3. The van der Waals surface area contributed by atoms with E-state index in [-0.39, 0.29) is 11.9 Å². The molecule has 1 fully saturated rings. The maximum atomic E-state index is 12.5. The highest BCUT2D eigenvalue weighted by atomic mass is 16.5. The third kappa shape index (κ3) is 2.60. The summed E-state index contributed by atoms with van der Waals surface area (Å²) in [7, 11) is 6.59. The van der Waals surface area contributed by atoms with Crippen LogP contribution < -0.4 is 4.74 Å². The van der Waals surface area contributed by atoms with Gasteiger partial charge >= 0.3 is 11.9 Å². The van der Waals surface area contributed by atoms with Crippen LogP contribution in [0.15, 0.2) is 23.2 Å². The number of amidine groups is 2. The maximum absolute atomic E-state index is 12.5. The van der Waals surface area contributed by atoms with Gasteiger partial charge in [-0.3, -0.25) is 14.6 Å². The van der Waals surface area contributed by atoms with Gasteiger partial charge in [0.2, 0.25) is 0 Å². The van der Waals surface area contributed by atoms with Crippen molar-refractivity contribution in [2.75, 3.05) is 28.3 Å². The molecule has 1 saturated heterocycles. The molecular formula is C19H23N4O3+. The van der Waals surface area contributed by atoms with Crippen LogP contribution >= 0.6 is 0 Å². The summed E-state index contributed by atoms with van der Waals surface area (Å²) >= 11 is 0. The van der Waals surface area contributed by atoms with E-state index in [1.54, 1.807) is 18.7 Å². The number of ether oxygens (including phenoxy) is 1. The predicted molar refractivity (Wildman–Crippen MR) is 99.8 cm³/mol. The number of carbonyl (C=O) groups excluding carboxylic acids is 2. The molecule has 1 unspecified atom stereocenters. The van der Waals surface area contributed by atoms with Crippen LogP contribution in [0.25, 0.3) is 6.08 Å². The minimum atomic E-state index is -0.568. The van der Waals surface area contributed by atoms with Crippen LogP contribution in [0.5, 0.6) is 5.75 Å². The normalized spacial score (nSPS) is 20.2. The number of aliphatic imine (C=N–C) groups is 1. The van der Waals surface area contributed by atoms with E-state index in [4.69, 9.17) is 4.74 Å². The quantitative estimate of drug-likeness (QED) is 0.775. The molecule has 1 aromatic rings. The summed E-state index contributed by atoms with van der Waals surface area (Å²) in [6, 6.07) is 2.98. The smallest absolute Gasteiger partial charge is 0.333 e. The summed E-state index contributed by atoms with van der Waals surface area (Å²) in [5.41, 5.74) is 3.25. The summed E-state index contributed by atoms with van der Waals surface area (Å²) in [6.07, 6.45) is 3.83. The van der Waals surface area contributed by atoms with Gasteiger partial charge in [0.05, 0.1) is 14.2 Å². The van der Waals surface area contributed by atoms with Crippen molar-refractivity contribution in [1.29, 1.82) is 0 Å². The third-order valence-electron chi connectivity index (χ3n) is 5.12. The van der Waals surface area contributed by atoms with Crippen LogP contribution in [-0.4, -0.2) is 72.3 Å². The van der Waals surface area contributed by atoms with Gasteiger partial charge in [0.25, 0.3) is 17.8 Å². The number of benzene rings is 1. The van der Waals surface area contributed by atoms with Crippen molar-refractivity contribution in [3.63, 3.8) is 0 Å².